The molecule has 1 heterocycles. The third kappa shape index (κ3) is 9.62. The number of hydrogen-bond acceptors (Lipinski definition) is 4. The minimum absolute atomic E-state index is 0. The second kappa shape index (κ2) is 14.0. The number of methoxy groups -OCH3 is 1. The fourth-order valence-corrected chi connectivity index (χ4v) is 3.09. The van der Waals surface area contributed by atoms with Gasteiger partial charge in [0.25, 0.3) is 0 Å². The topological polar surface area (TPSA) is 69.1 Å². The van der Waals surface area contributed by atoms with Crippen LogP contribution in [0.3, 0.4) is 0 Å². The lowest BCUT2D eigenvalue weighted by molar-refractivity contribution is 0.0824. The molecule has 1 saturated heterocycles. The minimum Gasteiger partial charge on any atom is -0.497 e. The van der Waals surface area contributed by atoms with Crippen molar-refractivity contribution in [1.29, 1.82) is 0 Å². The Kier molecular flexibility index (Phi) is 12.4. The van der Waals surface area contributed by atoms with E-state index >= 15 is 0 Å². The molecule has 0 amide bonds. The Morgan fingerprint density at radius 3 is 2.56 bits per heavy atom. The maximum atomic E-state index is 9.55. The van der Waals surface area contributed by atoms with Crippen LogP contribution in [0.4, 0.5) is 0 Å². The van der Waals surface area contributed by atoms with Gasteiger partial charge in [-0.05, 0) is 56.8 Å². The molecule has 27 heavy (non-hydrogen) atoms. The lowest BCUT2D eigenvalue weighted by Gasteiger charge is -2.29. The highest BCUT2D eigenvalue weighted by molar-refractivity contribution is 14.0. The van der Waals surface area contributed by atoms with Gasteiger partial charge in [-0.25, -0.2) is 0 Å². The average Bonchev–Trinajstić information content (AvgIpc) is 2.67. The summed E-state index contributed by atoms with van der Waals surface area (Å²) in [5, 5.41) is 16.3. The summed E-state index contributed by atoms with van der Waals surface area (Å²) < 4.78 is 5.19. The van der Waals surface area contributed by atoms with E-state index in [0.717, 1.165) is 76.7 Å². The number of nitrogens with zero attached hydrogens (tertiary/aromatic N) is 2. The Morgan fingerprint density at radius 1 is 1.22 bits per heavy atom. The smallest absolute Gasteiger partial charge is 0.191 e. The molecule has 0 saturated carbocycles. The molecule has 2 rings (SSSR count). The van der Waals surface area contributed by atoms with Gasteiger partial charge in [0.2, 0.25) is 0 Å². The van der Waals surface area contributed by atoms with Crippen LogP contribution < -0.4 is 15.4 Å². The van der Waals surface area contributed by atoms with Gasteiger partial charge in [-0.15, -0.1) is 24.0 Å². The third-order valence-corrected chi connectivity index (χ3v) is 4.67. The van der Waals surface area contributed by atoms with Gasteiger partial charge in [-0.1, -0.05) is 12.1 Å². The Balaban J connectivity index is 0.00000364. The number of aliphatic imine (C=N–C) groups is 1. The van der Waals surface area contributed by atoms with Crippen molar-refractivity contribution in [3.63, 3.8) is 0 Å². The predicted octanol–water partition coefficient (Wildman–Crippen LogP) is 2.26. The number of ether oxygens (including phenoxy) is 1. The lowest BCUT2D eigenvalue weighted by Crippen LogP contribution is -2.39. The van der Waals surface area contributed by atoms with Gasteiger partial charge in [-0.2, -0.15) is 0 Å². The van der Waals surface area contributed by atoms with E-state index in [1.807, 2.05) is 12.1 Å². The van der Waals surface area contributed by atoms with Gasteiger partial charge in [0.1, 0.15) is 5.75 Å². The summed E-state index contributed by atoms with van der Waals surface area (Å²) >= 11 is 0. The maximum Gasteiger partial charge on any atom is 0.191 e. The lowest BCUT2D eigenvalue weighted by atomic mass is 10.1. The first-order chi connectivity index (χ1) is 12.7. The summed E-state index contributed by atoms with van der Waals surface area (Å²) in [6.45, 7) is 7.68. The number of guanidine groups is 1. The van der Waals surface area contributed by atoms with E-state index in [2.05, 4.69) is 39.6 Å². The van der Waals surface area contributed by atoms with E-state index in [9.17, 15) is 5.11 Å². The standard InChI is InChI=1S/C20H34N4O2.HI/c1-3-21-20(22-12-4-14-24-15-10-18(25)11-16-24)23-13-9-17-5-7-19(26-2)8-6-17;/h5-8,18,25H,3-4,9-16H2,1-2H3,(H2,21,22,23);1H. The number of nitrogens with one attached hydrogen (secondary N) is 2. The molecule has 7 heteroatoms. The molecule has 0 radical (unpaired) electrons. The van der Waals surface area contributed by atoms with Crippen LogP contribution in [-0.4, -0.2) is 68.4 Å². The Hall–Kier alpha value is -1.06. The molecule has 1 aliphatic rings. The van der Waals surface area contributed by atoms with Crippen LogP contribution in [0.2, 0.25) is 0 Å². The molecule has 0 spiro atoms. The van der Waals surface area contributed by atoms with Crippen LogP contribution in [0.25, 0.3) is 0 Å². The molecule has 154 valence electrons. The SMILES string of the molecule is CCNC(=NCCCN1CCC(O)CC1)NCCc1ccc(OC)cc1.I. The summed E-state index contributed by atoms with van der Waals surface area (Å²) in [5.74, 6) is 1.77. The zero-order valence-electron chi connectivity index (χ0n) is 16.6. The Labute approximate surface area is 180 Å². The summed E-state index contributed by atoms with van der Waals surface area (Å²) in [6.07, 6.45) is 3.70. The molecule has 1 aromatic carbocycles. The van der Waals surface area contributed by atoms with Crippen molar-refractivity contribution in [2.45, 2.75) is 38.7 Å². The van der Waals surface area contributed by atoms with E-state index in [4.69, 9.17) is 4.74 Å². The van der Waals surface area contributed by atoms with Crippen LogP contribution in [0.1, 0.15) is 31.7 Å². The number of likely N-dealkylation sites (tertiary alicyclic amines) is 1. The first kappa shape index (κ1) is 24.0. The Bertz CT molecular complexity index is 531. The zero-order valence-corrected chi connectivity index (χ0v) is 18.9. The van der Waals surface area contributed by atoms with E-state index in [-0.39, 0.29) is 30.1 Å². The molecule has 0 aromatic heterocycles. The van der Waals surface area contributed by atoms with E-state index < -0.39 is 0 Å². The highest BCUT2D eigenvalue weighted by atomic mass is 127. The van der Waals surface area contributed by atoms with Crippen molar-refractivity contribution in [2.75, 3.05) is 46.4 Å². The largest absolute Gasteiger partial charge is 0.497 e. The second-order valence-corrected chi connectivity index (χ2v) is 6.71. The molecule has 1 aliphatic heterocycles. The summed E-state index contributed by atoms with van der Waals surface area (Å²) in [7, 11) is 1.68. The molecule has 0 unspecified atom stereocenters. The molecule has 0 aliphatic carbocycles. The molecular weight excluding hydrogens is 455 g/mol. The molecular formula is C20H35IN4O2. The number of hydrogen-bond donors (Lipinski definition) is 3. The number of aliphatic hydroxyl groups is 1. The Morgan fingerprint density at radius 2 is 1.93 bits per heavy atom. The molecule has 0 bridgehead atoms. The van der Waals surface area contributed by atoms with E-state index in [1.165, 1.54) is 5.56 Å². The summed E-state index contributed by atoms with van der Waals surface area (Å²) in [5.41, 5.74) is 1.28. The van der Waals surface area contributed by atoms with Gasteiger partial charge in [0, 0.05) is 32.7 Å². The number of benzene rings is 1. The van der Waals surface area contributed by atoms with Gasteiger partial charge < -0.3 is 25.4 Å². The normalized spacial score (nSPS) is 15.9. The number of rotatable bonds is 9. The van der Waals surface area contributed by atoms with Crippen molar-refractivity contribution < 1.29 is 9.84 Å². The fourth-order valence-electron chi connectivity index (χ4n) is 3.09. The predicted molar refractivity (Wildman–Crippen MR) is 122 cm³/mol. The van der Waals surface area contributed by atoms with Crippen LogP contribution in [-0.2, 0) is 6.42 Å². The first-order valence-corrected chi connectivity index (χ1v) is 9.76. The van der Waals surface area contributed by atoms with Gasteiger partial charge in [-0.3, -0.25) is 4.99 Å². The highest BCUT2D eigenvalue weighted by Crippen LogP contribution is 2.11. The van der Waals surface area contributed by atoms with Crippen LogP contribution in [0.15, 0.2) is 29.3 Å². The number of piperidine rings is 1. The number of halogens is 1. The van der Waals surface area contributed by atoms with Gasteiger partial charge in [0.05, 0.1) is 13.2 Å². The number of aliphatic hydroxyl groups excluding tert-OH is 1. The van der Waals surface area contributed by atoms with Crippen LogP contribution in [0.5, 0.6) is 5.75 Å². The third-order valence-electron chi connectivity index (χ3n) is 4.67. The van der Waals surface area contributed by atoms with Crippen LogP contribution >= 0.6 is 24.0 Å². The van der Waals surface area contributed by atoms with Crippen molar-refractivity contribution in [2.24, 2.45) is 4.99 Å². The first-order valence-electron chi connectivity index (χ1n) is 9.76. The monoisotopic (exact) mass is 490 g/mol. The zero-order chi connectivity index (χ0) is 18.6. The fraction of sp³-hybridized carbons (Fsp3) is 0.650. The van der Waals surface area contributed by atoms with Gasteiger partial charge in [0.15, 0.2) is 5.96 Å². The van der Waals surface area contributed by atoms with E-state index in [0.29, 0.717) is 0 Å². The summed E-state index contributed by atoms with van der Waals surface area (Å²) in [6, 6.07) is 8.18. The quantitative estimate of drug-likeness (QED) is 0.215. The molecule has 6 nitrogen and oxygen atoms in total. The second-order valence-electron chi connectivity index (χ2n) is 6.71. The van der Waals surface area contributed by atoms with Crippen molar-refractivity contribution in [3.8, 4) is 5.75 Å². The average molecular weight is 490 g/mol. The van der Waals surface area contributed by atoms with Crippen molar-refractivity contribution in [1.82, 2.24) is 15.5 Å². The van der Waals surface area contributed by atoms with Crippen molar-refractivity contribution >= 4 is 29.9 Å². The molecule has 1 fully saturated rings. The minimum atomic E-state index is -0.0977. The van der Waals surface area contributed by atoms with Crippen LogP contribution in [0, 0.1) is 0 Å². The molecule has 3 N–H and O–H groups in total. The highest BCUT2D eigenvalue weighted by Gasteiger charge is 2.15. The van der Waals surface area contributed by atoms with Crippen molar-refractivity contribution in [3.05, 3.63) is 29.8 Å². The summed E-state index contributed by atoms with van der Waals surface area (Å²) in [4.78, 5) is 7.09. The molecule has 1 aromatic rings. The molecule has 0 atom stereocenters. The maximum absolute atomic E-state index is 9.55. The van der Waals surface area contributed by atoms with E-state index in [1.54, 1.807) is 7.11 Å². The van der Waals surface area contributed by atoms with Gasteiger partial charge >= 0.3 is 0 Å².